The quantitative estimate of drug-likeness (QED) is 0.293. The molecule has 47 heavy (non-hydrogen) atoms. The summed E-state index contributed by atoms with van der Waals surface area (Å²) in [7, 11) is 2.00. The Hall–Kier alpha value is -4.72. The first kappa shape index (κ1) is 35.1. The number of aromatic nitrogens is 1. The maximum absolute atomic E-state index is 13.6. The van der Waals surface area contributed by atoms with E-state index in [2.05, 4.69) is 27.4 Å². The number of likely N-dealkylation sites (N-methyl/N-ethyl adjacent to an activating group) is 1. The Balaban J connectivity index is 1.47. The molecular formula is C33H45N7O7. The minimum atomic E-state index is -1.14. The predicted molar refractivity (Wildman–Crippen MR) is 175 cm³/mol. The van der Waals surface area contributed by atoms with Gasteiger partial charge in [-0.2, -0.15) is 0 Å². The summed E-state index contributed by atoms with van der Waals surface area (Å²) < 4.78 is 5.33. The van der Waals surface area contributed by atoms with Crippen molar-refractivity contribution >= 4 is 35.6 Å². The molecular weight excluding hydrogens is 606 g/mol. The highest BCUT2D eigenvalue weighted by Gasteiger charge is 2.31. The first-order valence-corrected chi connectivity index (χ1v) is 16.2. The number of hydrogen-bond acceptors (Lipinski definition) is 8. The lowest BCUT2D eigenvalue weighted by Crippen LogP contribution is -2.56. The minimum Gasteiger partial charge on any atom is -0.481 e. The second-order valence-corrected chi connectivity index (χ2v) is 11.8. The standard InChI is InChI=1S/C33H45N7O7/c1-3-4-8-21-47-33(46)40-19-17-38(18-20-40)31(44)26(11-12-29(41)42)36-30(43)28-23-25(22-27(35-28)24-9-6-5-7-10-24)34-32(45)39-15-13-37(2)14-16-39/h5-7,9-10,22-23,26H,3-4,8,11-21H2,1-2H3,(H,36,43)(H,41,42)(H,34,35,45)/t26-/m0/s1. The van der Waals surface area contributed by atoms with Gasteiger partial charge in [0.2, 0.25) is 5.91 Å². The number of rotatable bonds is 12. The minimum absolute atomic E-state index is 0.0382. The van der Waals surface area contributed by atoms with Crippen LogP contribution in [0, 0.1) is 0 Å². The maximum atomic E-state index is 13.6. The number of benzene rings is 1. The molecule has 0 radical (unpaired) electrons. The first-order valence-electron chi connectivity index (χ1n) is 16.2. The van der Waals surface area contributed by atoms with Crippen molar-refractivity contribution in [2.75, 3.05) is 71.3 Å². The second-order valence-electron chi connectivity index (χ2n) is 11.8. The monoisotopic (exact) mass is 651 g/mol. The number of hydrogen-bond donors (Lipinski definition) is 3. The smallest absolute Gasteiger partial charge is 0.409 e. The largest absolute Gasteiger partial charge is 0.481 e. The normalized spacial score (nSPS) is 15.9. The molecule has 1 aromatic heterocycles. The van der Waals surface area contributed by atoms with Crippen molar-refractivity contribution in [3.05, 3.63) is 48.2 Å². The number of amides is 5. The summed E-state index contributed by atoms with van der Waals surface area (Å²) in [5, 5.41) is 14.9. The number of unbranched alkanes of at least 4 members (excludes halogenated alkanes) is 2. The Morgan fingerprint density at radius 3 is 2.21 bits per heavy atom. The van der Waals surface area contributed by atoms with Crippen LogP contribution in [0.25, 0.3) is 11.3 Å². The fourth-order valence-electron chi connectivity index (χ4n) is 5.38. The molecule has 0 aliphatic carbocycles. The second kappa shape index (κ2) is 17.3. The Morgan fingerprint density at radius 1 is 0.894 bits per heavy atom. The third kappa shape index (κ3) is 10.4. The van der Waals surface area contributed by atoms with Crippen molar-refractivity contribution in [3.8, 4) is 11.3 Å². The molecule has 0 bridgehead atoms. The van der Waals surface area contributed by atoms with Crippen molar-refractivity contribution in [2.24, 2.45) is 0 Å². The number of nitrogens with zero attached hydrogens (tertiary/aromatic N) is 5. The highest BCUT2D eigenvalue weighted by atomic mass is 16.6. The number of ether oxygens (including phenoxy) is 1. The molecule has 1 aromatic carbocycles. The van der Waals surface area contributed by atoms with Crippen LogP contribution in [-0.2, 0) is 14.3 Å². The Morgan fingerprint density at radius 2 is 1.55 bits per heavy atom. The van der Waals surface area contributed by atoms with Crippen molar-refractivity contribution in [3.63, 3.8) is 0 Å². The third-order valence-electron chi connectivity index (χ3n) is 8.24. The molecule has 0 spiro atoms. The number of pyridine rings is 1. The number of carboxylic acids is 1. The molecule has 3 heterocycles. The van der Waals surface area contributed by atoms with E-state index in [1.54, 1.807) is 11.0 Å². The SMILES string of the molecule is CCCCCOC(=O)N1CCN(C(=O)[C@H](CCC(=O)O)NC(=O)c2cc(NC(=O)N3CCN(C)CC3)cc(-c3ccccc3)n2)CC1. The molecule has 0 saturated carbocycles. The molecule has 3 N–H and O–H groups in total. The Bertz CT molecular complexity index is 1390. The molecule has 5 amide bonds. The number of anilines is 1. The van der Waals surface area contributed by atoms with Crippen LogP contribution in [0.2, 0.25) is 0 Å². The fourth-order valence-corrected chi connectivity index (χ4v) is 5.38. The lowest BCUT2D eigenvalue weighted by molar-refractivity contribution is -0.138. The van der Waals surface area contributed by atoms with Crippen LogP contribution in [0.15, 0.2) is 42.5 Å². The molecule has 2 fully saturated rings. The van der Waals surface area contributed by atoms with Crippen molar-refractivity contribution in [1.29, 1.82) is 0 Å². The summed E-state index contributed by atoms with van der Waals surface area (Å²) in [5.74, 6) is -2.24. The number of piperazine rings is 2. The van der Waals surface area contributed by atoms with Gasteiger partial charge in [-0.25, -0.2) is 14.6 Å². The average molecular weight is 652 g/mol. The molecule has 14 heteroatoms. The molecule has 2 saturated heterocycles. The lowest BCUT2D eigenvalue weighted by Gasteiger charge is -2.36. The van der Waals surface area contributed by atoms with Gasteiger partial charge in [0, 0.05) is 70.0 Å². The van der Waals surface area contributed by atoms with Gasteiger partial charge in [0.25, 0.3) is 5.91 Å². The number of aliphatic carboxylic acids is 1. The molecule has 1 atom stereocenters. The van der Waals surface area contributed by atoms with Crippen LogP contribution < -0.4 is 10.6 Å². The summed E-state index contributed by atoms with van der Waals surface area (Å²) in [4.78, 5) is 75.6. The average Bonchev–Trinajstić information content (AvgIpc) is 3.08. The molecule has 14 nitrogen and oxygen atoms in total. The van der Waals surface area contributed by atoms with E-state index in [0.717, 1.165) is 37.9 Å². The first-order chi connectivity index (χ1) is 22.6. The Labute approximate surface area is 275 Å². The van der Waals surface area contributed by atoms with Gasteiger partial charge in [-0.1, -0.05) is 50.1 Å². The van der Waals surface area contributed by atoms with Gasteiger partial charge in [0.15, 0.2) is 0 Å². The highest BCUT2D eigenvalue weighted by Crippen LogP contribution is 2.23. The zero-order valence-electron chi connectivity index (χ0n) is 27.2. The molecule has 254 valence electrons. The van der Waals surface area contributed by atoms with E-state index >= 15 is 0 Å². The predicted octanol–water partition coefficient (Wildman–Crippen LogP) is 2.96. The number of carbonyl (C=O) groups is 5. The molecule has 0 unspecified atom stereocenters. The molecule has 2 aliphatic heterocycles. The zero-order chi connectivity index (χ0) is 33.8. The summed E-state index contributed by atoms with van der Waals surface area (Å²) in [5.41, 5.74) is 1.48. The summed E-state index contributed by atoms with van der Waals surface area (Å²) in [6.45, 7) is 5.98. The van der Waals surface area contributed by atoms with Gasteiger partial charge in [0.1, 0.15) is 11.7 Å². The molecule has 2 aliphatic rings. The van der Waals surface area contributed by atoms with Crippen molar-refractivity contribution in [1.82, 2.24) is 29.9 Å². The van der Waals surface area contributed by atoms with E-state index in [9.17, 15) is 29.1 Å². The van der Waals surface area contributed by atoms with Crippen molar-refractivity contribution < 1.29 is 33.8 Å². The van der Waals surface area contributed by atoms with Crippen LogP contribution in [0.4, 0.5) is 15.3 Å². The summed E-state index contributed by atoms with van der Waals surface area (Å²) in [6, 6.07) is 10.9. The van der Waals surface area contributed by atoms with Gasteiger partial charge in [-0.15, -0.1) is 0 Å². The zero-order valence-corrected chi connectivity index (χ0v) is 27.2. The van der Waals surface area contributed by atoms with Gasteiger partial charge in [-0.05, 0) is 32.0 Å². The summed E-state index contributed by atoms with van der Waals surface area (Å²) in [6.07, 6.45) is 1.87. The van der Waals surface area contributed by atoms with E-state index in [-0.39, 0.29) is 50.7 Å². The van der Waals surface area contributed by atoms with Crippen LogP contribution in [0.5, 0.6) is 0 Å². The molecule has 2 aromatic rings. The topological polar surface area (TPSA) is 165 Å². The van der Waals surface area contributed by atoms with E-state index < -0.39 is 29.9 Å². The number of carboxylic acid groups (broad SMARTS) is 1. The number of urea groups is 1. The number of carbonyl (C=O) groups excluding carboxylic acids is 4. The van der Waals surface area contributed by atoms with Crippen LogP contribution in [0.3, 0.4) is 0 Å². The van der Waals surface area contributed by atoms with Crippen LogP contribution in [0.1, 0.15) is 49.5 Å². The van der Waals surface area contributed by atoms with Gasteiger partial charge >= 0.3 is 18.1 Å². The van der Waals surface area contributed by atoms with E-state index in [1.807, 2.05) is 37.4 Å². The van der Waals surface area contributed by atoms with E-state index in [4.69, 9.17) is 4.74 Å². The van der Waals surface area contributed by atoms with Crippen LogP contribution >= 0.6 is 0 Å². The highest BCUT2D eigenvalue weighted by molar-refractivity contribution is 5.99. The van der Waals surface area contributed by atoms with Crippen LogP contribution in [-0.4, -0.2) is 132 Å². The maximum Gasteiger partial charge on any atom is 0.409 e. The fraction of sp³-hybridized carbons (Fsp3) is 0.515. The third-order valence-corrected chi connectivity index (χ3v) is 8.24. The van der Waals surface area contributed by atoms with Gasteiger partial charge < -0.3 is 40.1 Å². The number of nitrogens with one attached hydrogen (secondary N) is 2. The Kier molecular flexibility index (Phi) is 12.9. The lowest BCUT2D eigenvalue weighted by atomic mass is 10.1. The van der Waals surface area contributed by atoms with Crippen molar-refractivity contribution in [2.45, 2.75) is 45.1 Å². The van der Waals surface area contributed by atoms with Gasteiger partial charge in [-0.3, -0.25) is 14.4 Å². The van der Waals surface area contributed by atoms with E-state index in [0.29, 0.717) is 31.1 Å². The van der Waals surface area contributed by atoms with E-state index in [1.165, 1.54) is 15.9 Å². The summed E-state index contributed by atoms with van der Waals surface area (Å²) >= 11 is 0. The van der Waals surface area contributed by atoms with Gasteiger partial charge in [0.05, 0.1) is 12.3 Å². The molecule has 4 rings (SSSR count).